The molecule has 0 saturated heterocycles. The van der Waals surface area contributed by atoms with Gasteiger partial charge >= 0.3 is 0 Å². The maximum atomic E-state index is 12.3. The van der Waals surface area contributed by atoms with Gasteiger partial charge in [0.15, 0.2) is 0 Å². The second kappa shape index (κ2) is 7.35. The standard InChI is InChI=1S/C13H16BrN3O2S2/c1-2-5-15-7-10-6-13(20-9-10)21(18,19)17-12-4-3-11(14)8-16-12/h3-4,6,8-9,15H,2,5,7H2,1H3,(H,16,17). The van der Waals surface area contributed by atoms with Crippen molar-refractivity contribution in [2.75, 3.05) is 11.3 Å². The van der Waals surface area contributed by atoms with Gasteiger partial charge in [-0.1, -0.05) is 6.92 Å². The van der Waals surface area contributed by atoms with Gasteiger partial charge in [0.25, 0.3) is 10.0 Å². The Morgan fingerprint density at radius 3 is 2.86 bits per heavy atom. The van der Waals surface area contributed by atoms with Crippen LogP contribution in [0.3, 0.4) is 0 Å². The van der Waals surface area contributed by atoms with E-state index < -0.39 is 10.0 Å². The van der Waals surface area contributed by atoms with Crippen LogP contribution in [0, 0.1) is 0 Å². The van der Waals surface area contributed by atoms with Crippen LogP contribution in [0.15, 0.2) is 38.5 Å². The lowest BCUT2D eigenvalue weighted by Gasteiger charge is -2.05. The van der Waals surface area contributed by atoms with Gasteiger partial charge in [-0.25, -0.2) is 13.4 Å². The molecule has 8 heteroatoms. The van der Waals surface area contributed by atoms with Gasteiger partial charge in [-0.05, 0) is 58.0 Å². The minimum absolute atomic E-state index is 0.292. The number of anilines is 1. The zero-order valence-corrected chi connectivity index (χ0v) is 14.7. The largest absolute Gasteiger partial charge is 0.313 e. The molecule has 0 aliphatic carbocycles. The lowest BCUT2D eigenvalue weighted by atomic mass is 10.3. The molecule has 0 amide bonds. The summed E-state index contributed by atoms with van der Waals surface area (Å²) >= 11 is 4.47. The highest BCUT2D eigenvalue weighted by Crippen LogP contribution is 2.23. The molecule has 0 aliphatic rings. The van der Waals surface area contributed by atoms with Gasteiger partial charge in [-0.15, -0.1) is 11.3 Å². The first-order valence-corrected chi connectivity index (χ1v) is 9.59. The molecule has 0 unspecified atom stereocenters. The number of hydrogen-bond donors (Lipinski definition) is 2. The third kappa shape index (κ3) is 4.77. The van der Waals surface area contributed by atoms with Crippen molar-refractivity contribution >= 4 is 43.1 Å². The molecule has 0 saturated carbocycles. The lowest BCUT2D eigenvalue weighted by Crippen LogP contribution is -2.14. The SMILES string of the molecule is CCCNCc1csc(S(=O)(=O)Nc2ccc(Br)cn2)c1. The van der Waals surface area contributed by atoms with E-state index in [1.165, 1.54) is 11.3 Å². The van der Waals surface area contributed by atoms with E-state index in [4.69, 9.17) is 0 Å². The molecule has 5 nitrogen and oxygen atoms in total. The molecule has 0 fully saturated rings. The minimum atomic E-state index is -3.57. The number of nitrogens with one attached hydrogen (secondary N) is 2. The van der Waals surface area contributed by atoms with E-state index in [0.29, 0.717) is 16.6 Å². The smallest absolute Gasteiger partial charge is 0.272 e. The molecular formula is C13H16BrN3O2S2. The van der Waals surface area contributed by atoms with Crippen LogP contribution < -0.4 is 10.0 Å². The molecule has 2 N–H and O–H groups in total. The number of hydrogen-bond acceptors (Lipinski definition) is 5. The van der Waals surface area contributed by atoms with Gasteiger partial charge in [-0.3, -0.25) is 4.72 Å². The molecule has 2 heterocycles. The summed E-state index contributed by atoms with van der Waals surface area (Å²) in [5, 5.41) is 5.10. The van der Waals surface area contributed by atoms with Crippen molar-refractivity contribution in [1.29, 1.82) is 0 Å². The summed E-state index contributed by atoms with van der Waals surface area (Å²) in [6.45, 7) is 3.68. The van der Waals surface area contributed by atoms with Crippen molar-refractivity contribution in [2.45, 2.75) is 24.1 Å². The van der Waals surface area contributed by atoms with Crippen molar-refractivity contribution in [3.05, 3.63) is 39.8 Å². The van der Waals surface area contributed by atoms with E-state index in [2.05, 4.69) is 37.9 Å². The predicted octanol–water partition coefficient (Wildman–Crippen LogP) is 3.21. The molecule has 2 rings (SSSR count). The normalized spacial score (nSPS) is 11.5. The van der Waals surface area contributed by atoms with Crippen LogP contribution in [0.25, 0.3) is 0 Å². The summed E-state index contributed by atoms with van der Waals surface area (Å²) in [6, 6.07) is 5.03. The van der Waals surface area contributed by atoms with Crippen LogP contribution in [0.2, 0.25) is 0 Å². The van der Waals surface area contributed by atoms with Gasteiger partial charge < -0.3 is 5.32 Å². The van der Waals surface area contributed by atoms with E-state index >= 15 is 0 Å². The molecule has 2 aromatic rings. The van der Waals surface area contributed by atoms with Crippen molar-refractivity contribution in [1.82, 2.24) is 10.3 Å². The van der Waals surface area contributed by atoms with Crippen molar-refractivity contribution in [2.24, 2.45) is 0 Å². The topological polar surface area (TPSA) is 71.1 Å². The molecule has 0 atom stereocenters. The highest BCUT2D eigenvalue weighted by atomic mass is 79.9. The fraction of sp³-hybridized carbons (Fsp3) is 0.308. The molecule has 0 bridgehead atoms. The van der Waals surface area contributed by atoms with Gasteiger partial charge in [0, 0.05) is 17.2 Å². The van der Waals surface area contributed by atoms with E-state index in [1.807, 2.05) is 5.38 Å². The van der Waals surface area contributed by atoms with Gasteiger partial charge in [-0.2, -0.15) is 0 Å². The number of halogens is 1. The first-order chi connectivity index (χ1) is 10.0. The van der Waals surface area contributed by atoms with E-state index in [1.54, 1.807) is 24.4 Å². The third-order valence-corrected chi connectivity index (χ3v) is 5.93. The van der Waals surface area contributed by atoms with E-state index in [9.17, 15) is 8.42 Å². The quantitative estimate of drug-likeness (QED) is 0.713. The van der Waals surface area contributed by atoms with E-state index in [0.717, 1.165) is 23.0 Å². The van der Waals surface area contributed by atoms with Gasteiger partial charge in [0.05, 0.1) is 0 Å². The highest BCUT2D eigenvalue weighted by Gasteiger charge is 2.17. The Hall–Kier alpha value is -0.960. The summed E-state index contributed by atoms with van der Waals surface area (Å²) in [6.07, 6.45) is 2.60. The van der Waals surface area contributed by atoms with E-state index in [-0.39, 0.29) is 0 Å². The van der Waals surface area contributed by atoms with Crippen LogP contribution in [0.4, 0.5) is 5.82 Å². The highest BCUT2D eigenvalue weighted by molar-refractivity contribution is 9.10. The molecule has 2 aromatic heterocycles. The van der Waals surface area contributed by atoms with Crippen LogP contribution in [0.1, 0.15) is 18.9 Å². The maximum absolute atomic E-state index is 12.3. The second-order valence-corrected chi connectivity index (χ2v) is 8.15. The van der Waals surface area contributed by atoms with Crippen molar-refractivity contribution < 1.29 is 8.42 Å². The average molecular weight is 390 g/mol. The Morgan fingerprint density at radius 2 is 2.19 bits per heavy atom. The Balaban J connectivity index is 2.07. The molecule has 0 radical (unpaired) electrons. The van der Waals surface area contributed by atoms with Crippen molar-refractivity contribution in [3.63, 3.8) is 0 Å². The Labute approximate surface area is 137 Å². The number of thiophene rings is 1. The second-order valence-electron chi connectivity index (χ2n) is 4.42. The summed E-state index contributed by atoms with van der Waals surface area (Å²) < 4.78 is 28.1. The number of rotatable bonds is 7. The molecular weight excluding hydrogens is 374 g/mol. The third-order valence-electron chi connectivity index (χ3n) is 2.62. The predicted molar refractivity (Wildman–Crippen MR) is 89.1 cm³/mol. The van der Waals surface area contributed by atoms with Crippen LogP contribution in [-0.2, 0) is 16.6 Å². The zero-order valence-electron chi connectivity index (χ0n) is 11.5. The number of sulfonamides is 1. The van der Waals surface area contributed by atoms with Crippen LogP contribution >= 0.6 is 27.3 Å². The minimum Gasteiger partial charge on any atom is -0.313 e. The molecule has 114 valence electrons. The monoisotopic (exact) mass is 389 g/mol. The lowest BCUT2D eigenvalue weighted by molar-refractivity contribution is 0.602. The zero-order chi connectivity index (χ0) is 15.3. The Morgan fingerprint density at radius 1 is 1.38 bits per heavy atom. The molecule has 0 aliphatic heterocycles. The maximum Gasteiger partial charge on any atom is 0.272 e. The van der Waals surface area contributed by atoms with Gasteiger partial charge in [0.2, 0.25) is 0 Å². The Bertz CT molecular complexity index is 684. The molecule has 0 spiro atoms. The van der Waals surface area contributed by atoms with Gasteiger partial charge in [0.1, 0.15) is 10.0 Å². The fourth-order valence-corrected chi connectivity index (χ4v) is 4.07. The van der Waals surface area contributed by atoms with Crippen LogP contribution in [-0.4, -0.2) is 19.9 Å². The summed E-state index contributed by atoms with van der Waals surface area (Å²) in [5.74, 6) is 0.303. The molecule has 0 aromatic carbocycles. The first-order valence-electron chi connectivity index (χ1n) is 6.44. The summed E-state index contributed by atoms with van der Waals surface area (Å²) in [5.41, 5.74) is 0.970. The molecule has 21 heavy (non-hydrogen) atoms. The average Bonchev–Trinajstić information content (AvgIpc) is 2.91. The first kappa shape index (κ1) is 16.4. The summed E-state index contributed by atoms with van der Waals surface area (Å²) in [4.78, 5) is 4.01. The Kier molecular flexibility index (Phi) is 5.74. The number of nitrogens with zero attached hydrogens (tertiary/aromatic N) is 1. The van der Waals surface area contributed by atoms with Crippen molar-refractivity contribution in [3.8, 4) is 0 Å². The number of pyridine rings is 1. The number of aromatic nitrogens is 1. The fourth-order valence-electron chi connectivity index (χ4n) is 1.62. The summed E-state index contributed by atoms with van der Waals surface area (Å²) in [7, 11) is -3.57. The van der Waals surface area contributed by atoms with Crippen LogP contribution in [0.5, 0.6) is 0 Å².